The topological polar surface area (TPSA) is 84.3 Å². The van der Waals surface area contributed by atoms with Gasteiger partial charge in [0.05, 0.1) is 16.2 Å². The Morgan fingerprint density at radius 3 is 2.67 bits per heavy atom. The van der Waals surface area contributed by atoms with Crippen molar-refractivity contribution in [1.82, 2.24) is 4.98 Å². The number of carboxylic acids is 1. The van der Waals surface area contributed by atoms with Crippen molar-refractivity contribution >= 4 is 15.8 Å². The molecular weight excluding hydrogens is 290 g/mol. The van der Waals surface area contributed by atoms with Crippen molar-refractivity contribution in [2.24, 2.45) is 0 Å². The number of aromatic carboxylic acids is 1. The number of hydrogen-bond donors (Lipinski definition) is 1. The van der Waals surface area contributed by atoms with E-state index in [2.05, 4.69) is 4.98 Å². The summed E-state index contributed by atoms with van der Waals surface area (Å²) in [5, 5.41) is 8.97. The second kappa shape index (κ2) is 6.05. The zero-order valence-corrected chi connectivity index (χ0v) is 12.3. The summed E-state index contributed by atoms with van der Waals surface area (Å²) in [6.45, 7) is 1.66. The largest absolute Gasteiger partial charge is 0.478 e. The first-order valence-electron chi connectivity index (χ1n) is 6.36. The Labute approximate surface area is 123 Å². The zero-order valence-electron chi connectivity index (χ0n) is 11.5. The summed E-state index contributed by atoms with van der Waals surface area (Å²) in [7, 11) is -3.54. The molecule has 110 valence electrons. The number of benzene rings is 1. The summed E-state index contributed by atoms with van der Waals surface area (Å²) in [6.07, 6.45) is 3.58. The van der Waals surface area contributed by atoms with Crippen molar-refractivity contribution in [3.63, 3.8) is 0 Å². The number of aryl methyl sites for hydroxylation is 2. The summed E-state index contributed by atoms with van der Waals surface area (Å²) >= 11 is 0. The van der Waals surface area contributed by atoms with Crippen molar-refractivity contribution in [1.29, 1.82) is 0 Å². The number of pyridine rings is 1. The molecule has 0 amide bonds. The smallest absolute Gasteiger partial charge is 0.335 e. The first-order valence-corrected chi connectivity index (χ1v) is 8.01. The lowest BCUT2D eigenvalue weighted by molar-refractivity contribution is 0.0696. The van der Waals surface area contributed by atoms with Gasteiger partial charge in [0.1, 0.15) is 0 Å². The van der Waals surface area contributed by atoms with Gasteiger partial charge in [0, 0.05) is 12.4 Å². The molecule has 0 aliphatic heterocycles. The van der Waals surface area contributed by atoms with Crippen LogP contribution in [0.2, 0.25) is 0 Å². The Balaban J connectivity index is 2.27. The third-order valence-electron chi connectivity index (χ3n) is 3.15. The van der Waals surface area contributed by atoms with E-state index < -0.39 is 15.8 Å². The minimum absolute atomic E-state index is 0.0273. The van der Waals surface area contributed by atoms with Crippen LogP contribution in [0, 0.1) is 6.92 Å². The van der Waals surface area contributed by atoms with E-state index in [1.807, 2.05) is 6.07 Å². The number of hydrogen-bond acceptors (Lipinski definition) is 4. The fourth-order valence-corrected chi connectivity index (χ4v) is 3.57. The Morgan fingerprint density at radius 1 is 1.29 bits per heavy atom. The molecule has 1 aromatic heterocycles. The molecule has 2 rings (SSSR count). The van der Waals surface area contributed by atoms with Crippen LogP contribution in [0.3, 0.4) is 0 Å². The van der Waals surface area contributed by atoms with Crippen molar-refractivity contribution in [3.8, 4) is 0 Å². The lowest BCUT2D eigenvalue weighted by Crippen LogP contribution is -2.12. The van der Waals surface area contributed by atoms with Crippen LogP contribution in [0.25, 0.3) is 0 Å². The monoisotopic (exact) mass is 305 g/mol. The number of carboxylic acid groups (broad SMARTS) is 1. The highest BCUT2D eigenvalue weighted by Crippen LogP contribution is 2.19. The zero-order chi connectivity index (χ0) is 15.5. The van der Waals surface area contributed by atoms with Crippen molar-refractivity contribution in [2.75, 3.05) is 5.75 Å². The van der Waals surface area contributed by atoms with Crippen LogP contribution in [0.15, 0.2) is 47.6 Å². The Kier molecular flexibility index (Phi) is 4.37. The van der Waals surface area contributed by atoms with E-state index >= 15 is 0 Å². The predicted octanol–water partition coefficient (Wildman–Crippen LogP) is 2.10. The highest BCUT2D eigenvalue weighted by atomic mass is 32.2. The van der Waals surface area contributed by atoms with Gasteiger partial charge in [0.2, 0.25) is 0 Å². The number of nitrogens with zero attached hydrogens (tertiary/aromatic N) is 1. The number of aromatic nitrogens is 1. The van der Waals surface area contributed by atoms with Gasteiger partial charge >= 0.3 is 5.97 Å². The van der Waals surface area contributed by atoms with E-state index in [9.17, 15) is 13.2 Å². The fraction of sp³-hybridized carbons (Fsp3) is 0.200. The van der Waals surface area contributed by atoms with Crippen LogP contribution in [0.4, 0.5) is 0 Å². The Hall–Kier alpha value is -2.21. The third kappa shape index (κ3) is 3.66. The lowest BCUT2D eigenvalue weighted by Gasteiger charge is -2.08. The number of rotatable bonds is 5. The van der Waals surface area contributed by atoms with Gasteiger partial charge in [-0.3, -0.25) is 4.98 Å². The molecule has 0 aliphatic carbocycles. The molecule has 1 heterocycles. The molecule has 21 heavy (non-hydrogen) atoms. The fourth-order valence-electron chi connectivity index (χ4n) is 1.98. The summed E-state index contributed by atoms with van der Waals surface area (Å²) < 4.78 is 24.8. The number of sulfone groups is 1. The second-order valence-corrected chi connectivity index (χ2v) is 6.79. The SMILES string of the molecule is Cc1ccc(C(=O)O)cc1S(=O)(=O)CCc1cccnc1. The summed E-state index contributed by atoms with van der Waals surface area (Å²) in [4.78, 5) is 15.0. The van der Waals surface area contributed by atoms with E-state index in [-0.39, 0.29) is 16.2 Å². The van der Waals surface area contributed by atoms with E-state index in [0.717, 1.165) is 5.56 Å². The first kappa shape index (κ1) is 15.2. The van der Waals surface area contributed by atoms with Crippen LogP contribution >= 0.6 is 0 Å². The van der Waals surface area contributed by atoms with E-state index in [0.29, 0.717) is 12.0 Å². The molecular formula is C15H15NO4S. The van der Waals surface area contributed by atoms with Crippen LogP contribution < -0.4 is 0 Å². The van der Waals surface area contributed by atoms with Crippen molar-refractivity contribution in [2.45, 2.75) is 18.2 Å². The molecule has 0 bridgehead atoms. The highest BCUT2D eigenvalue weighted by molar-refractivity contribution is 7.91. The normalized spacial score (nSPS) is 11.3. The maximum absolute atomic E-state index is 12.4. The molecule has 0 saturated heterocycles. The van der Waals surface area contributed by atoms with Crippen LogP contribution in [-0.2, 0) is 16.3 Å². The maximum atomic E-state index is 12.4. The molecule has 0 aliphatic rings. The van der Waals surface area contributed by atoms with Gasteiger partial charge in [-0.1, -0.05) is 12.1 Å². The predicted molar refractivity (Wildman–Crippen MR) is 78.1 cm³/mol. The van der Waals surface area contributed by atoms with Gasteiger partial charge < -0.3 is 5.11 Å². The van der Waals surface area contributed by atoms with Gasteiger partial charge in [-0.2, -0.15) is 0 Å². The first-order chi connectivity index (χ1) is 9.90. The van der Waals surface area contributed by atoms with E-state index in [4.69, 9.17) is 5.11 Å². The van der Waals surface area contributed by atoms with E-state index in [1.165, 1.54) is 18.2 Å². The molecule has 1 aromatic carbocycles. The molecule has 6 heteroatoms. The Bertz CT molecular complexity index is 754. The Morgan fingerprint density at radius 2 is 2.05 bits per heavy atom. The average molecular weight is 305 g/mol. The van der Waals surface area contributed by atoms with Gasteiger partial charge in [0.15, 0.2) is 9.84 Å². The molecule has 5 nitrogen and oxygen atoms in total. The molecule has 0 spiro atoms. The lowest BCUT2D eigenvalue weighted by atomic mass is 10.1. The number of carbonyl (C=O) groups is 1. The molecule has 2 aromatic rings. The maximum Gasteiger partial charge on any atom is 0.335 e. The average Bonchev–Trinajstić information content (AvgIpc) is 2.46. The molecule has 0 fully saturated rings. The molecule has 1 N–H and O–H groups in total. The minimum atomic E-state index is -3.54. The summed E-state index contributed by atoms with van der Waals surface area (Å²) in [5.74, 6) is -1.22. The standard InChI is InChI=1S/C15H15NO4S/c1-11-4-5-13(15(17)18)9-14(11)21(19,20)8-6-12-3-2-7-16-10-12/h2-5,7,9-10H,6,8H2,1H3,(H,17,18). The summed E-state index contributed by atoms with van der Waals surface area (Å²) in [6, 6.07) is 7.69. The van der Waals surface area contributed by atoms with Crippen LogP contribution in [-0.4, -0.2) is 30.2 Å². The summed E-state index contributed by atoms with van der Waals surface area (Å²) in [5.41, 5.74) is 1.35. The molecule has 0 unspecified atom stereocenters. The van der Waals surface area contributed by atoms with Gasteiger partial charge in [-0.15, -0.1) is 0 Å². The van der Waals surface area contributed by atoms with Gasteiger partial charge in [-0.05, 0) is 42.7 Å². The van der Waals surface area contributed by atoms with E-state index in [1.54, 1.807) is 25.4 Å². The quantitative estimate of drug-likeness (QED) is 0.914. The molecule has 0 saturated carbocycles. The highest BCUT2D eigenvalue weighted by Gasteiger charge is 2.19. The molecule has 0 atom stereocenters. The van der Waals surface area contributed by atoms with Gasteiger partial charge in [0.25, 0.3) is 0 Å². The van der Waals surface area contributed by atoms with Crippen molar-refractivity contribution in [3.05, 3.63) is 59.4 Å². The minimum Gasteiger partial charge on any atom is -0.478 e. The third-order valence-corrected chi connectivity index (χ3v) is 5.00. The van der Waals surface area contributed by atoms with Crippen LogP contribution in [0.5, 0.6) is 0 Å². The van der Waals surface area contributed by atoms with Crippen LogP contribution in [0.1, 0.15) is 21.5 Å². The second-order valence-electron chi connectivity index (χ2n) is 4.72. The van der Waals surface area contributed by atoms with Gasteiger partial charge in [-0.25, -0.2) is 13.2 Å². The molecule has 0 radical (unpaired) electrons. The van der Waals surface area contributed by atoms with Crippen molar-refractivity contribution < 1.29 is 18.3 Å².